The number of aromatic nitrogens is 3. The average Bonchev–Trinajstić information content (AvgIpc) is 2.48. The molecule has 0 saturated heterocycles. The molecule has 0 radical (unpaired) electrons. The molecule has 6 heteroatoms. The third-order valence-electron chi connectivity index (χ3n) is 3.23. The van der Waals surface area contributed by atoms with Gasteiger partial charge in [-0.25, -0.2) is 14.4 Å². The maximum atomic E-state index is 13.1. The van der Waals surface area contributed by atoms with Crippen LogP contribution in [0.2, 0.25) is 0 Å². The van der Waals surface area contributed by atoms with Gasteiger partial charge in [-0.3, -0.25) is 4.79 Å². The van der Waals surface area contributed by atoms with E-state index >= 15 is 0 Å². The quantitative estimate of drug-likeness (QED) is 0.761. The van der Waals surface area contributed by atoms with Crippen LogP contribution in [0.4, 0.5) is 10.2 Å². The van der Waals surface area contributed by atoms with Crippen molar-refractivity contribution in [2.24, 2.45) is 0 Å². The highest BCUT2D eigenvalue weighted by Crippen LogP contribution is 2.28. The Morgan fingerprint density at radius 3 is 2.55 bits per heavy atom. The van der Waals surface area contributed by atoms with Gasteiger partial charge in [-0.15, -0.1) is 0 Å². The lowest BCUT2D eigenvalue weighted by Crippen LogP contribution is -2.14. The number of nitrogens with one attached hydrogen (secondary N) is 1. The van der Waals surface area contributed by atoms with Crippen molar-refractivity contribution in [2.75, 3.05) is 5.73 Å². The zero-order chi connectivity index (χ0) is 15.7. The van der Waals surface area contributed by atoms with E-state index < -0.39 is 0 Å². The summed E-state index contributed by atoms with van der Waals surface area (Å²) in [5.41, 5.74) is 7.54. The fourth-order valence-corrected chi connectivity index (χ4v) is 2.27. The van der Waals surface area contributed by atoms with E-state index in [2.05, 4.69) is 15.0 Å². The van der Waals surface area contributed by atoms with E-state index in [0.717, 1.165) is 0 Å². The van der Waals surface area contributed by atoms with Crippen molar-refractivity contribution in [1.82, 2.24) is 15.0 Å². The predicted molar refractivity (Wildman–Crippen MR) is 82.6 cm³/mol. The Balaban J connectivity index is 2.30. The van der Waals surface area contributed by atoms with Gasteiger partial charge in [0, 0.05) is 11.8 Å². The normalized spacial score (nSPS) is 10.6. The highest BCUT2D eigenvalue weighted by molar-refractivity contribution is 5.80. The van der Waals surface area contributed by atoms with Crippen molar-refractivity contribution in [2.45, 2.75) is 6.92 Å². The van der Waals surface area contributed by atoms with E-state index in [9.17, 15) is 9.18 Å². The number of hydrogen-bond acceptors (Lipinski definition) is 4. The molecule has 0 unspecified atom stereocenters. The van der Waals surface area contributed by atoms with Crippen molar-refractivity contribution in [1.29, 1.82) is 0 Å². The number of aromatic amines is 1. The van der Waals surface area contributed by atoms with Crippen LogP contribution in [0.1, 0.15) is 5.82 Å². The second-order valence-corrected chi connectivity index (χ2v) is 4.85. The van der Waals surface area contributed by atoms with Gasteiger partial charge in [-0.1, -0.05) is 12.1 Å². The number of hydrogen-bond donors (Lipinski definition) is 2. The number of halogens is 1. The highest BCUT2D eigenvalue weighted by Gasteiger charge is 2.15. The number of nitrogens with zero attached hydrogens (tertiary/aromatic N) is 2. The number of rotatable bonds is 2. The van der Waals surface area contributed by atoms with Gasteiger partial charge < -0.3 is 10.7 Å². The van der Waals surface area contributed by atoms with Gasteiger partial charge in [0.2, 0.25) is 0 Å². The van der Waals surface area contributed by atoms with E-state index in [0.29, 0.717) is 34.0 Å². The molecule has 110 valence electrons. The average molecular weight is 296 g/mol. The van der Waals surface area contributed by atoms with Crippen LogP contribution in [-0.2, 0) is 0 Å². The van der Waals surface area contributed by atoms with E-state index in [-0.39, 0.29) is 11.4 Å². The number of nitrogen functional groups attached to an aromatic ring is 1. The largest absolute Gasteiger partial charge is 0.384 e. The van der Waals surface area contributed by atoms with Gasteiger partial charge in [0.1, 0.15) is 17.5 Å². The summed E-state index contributed by atoms with van der Waals surface area (Å²) < 4.78 is 13.1. The fraction of sp³-hybridized carbons (Fsp3) is 0.0625. The molecule has 0 aliphatic rings. The summed E-state index contributed by atoms with van der Waals surface area (Å²) >= 11 is 0. The lowest BCUT2D eigenvalue weighted by molar-refractivity contribution is 0.628. The minimum atomic E-state index is -0.366. The van der Waals surface area contributed by atoms with Crippen molar-refractivity contribution in [3.8, 4) is 22.4 Å². The summed E-state index contributed by atoms with van der Waals surface area (Å²) in [6.45, 7) is 1.70. The summed E-state index contributed by atoms with van der Waals surface area (Å²) in [6, 6.07) is 9.08. The number of benzene rings is 1. The van der Waals surface area contributed by atoms with E-state index in [1.165, 1.54) is 12.1 Å². The SMILES string of the molecule is Cc1nc(-c2ccnc(N)c2)c(-c2ccc(F)cc2)c(=O)[nH]1. The number of aryl methyl sites for hydroxylation is 1. The lowest BCUT2D eigenvalue weighted by Gasteiger charge is -2.10. The van der Waals surface area contributed by atoms with Gasteiger partial charge >= 0.3 is 0 Å². The first-order chi connectivity index (χ1) is 10.5. The highest BCUT2D eigenvalue weighted by atomic mass is 19.1. The topological polar surface area (TPSA) is 84.7 Å². The predicted octanol–water partition coefficient (Wildman–Crippen LogP) is 2.53. The monoisotopic (exact) mass is 296 g/mol. The molecule has 5 nitrogen and oxygen atoms in total. The molecule has 3 rings (SSSR count). The summed E-state index contributed by atoms with van der Waals surface area (Å²) in [4.78, 5) is 23.4. The van der Waals surface area contributed by atoms with Gasteiger partial charge in [0.25, 0.3) is 5.56 Å². The molecule has 2 heterocycles. The van der Waals surface area contributed by atoms with Crippen LogP contribution < -0.4 is 11.3 Å². The molecule has 0 bridgehead atoms. The van der Waals surface area contributed by atoms with Crippen LogP contribution in [0, 0.1) is 12.7 Å². The van der Waals surface area contributed by atoms with Crippen molar-refractivity contribution in [3.05, 3.63) is 64.6 Å². The van der Waals surface area contributed by atoms with Crippen molar-refractivity contribution >= 4 is 5.82 Å². The van der Waals surface area contributed by atoms with Gasteiger partial charge in [0.15, 0.2) is 0 Å². The van der Waals surface area contributed by atoms with E-state index in [4.69, 9.17) is 5.73 Å². The molecular formula is C16H13FN4O. The van der Waals surface area contributed by atoms with Gasteiger partial charge in [-0.2, -0.15) is 0 Å². The molecule has 0 aliphatic heterocycles. The zero-order valence-corrected chi connectivity index (χ0v) is 11.8. The molecule has 3 N–H and O–H groups in total. The summed E-state index contributed by atoms with van der Waals surface area (Å²) in [6.07, 6.45) is 1.55. The van der Waals surface area contributed by atoms with Crippen LogP contribution in [0.25, 0.3) is 22.4 Å². The molecule has 22 heavy (non-hydrogen) atoms. The Hall–Kier alpha value is -3.02. The molecule has 0 amide bonds. The maximum Gasteiger partial charge on any atom is 0.259 e. The van der Waals surface area contributed by atoms with Crippen molar-refractivity contribution in [3.63, 3.8) is 0 Å². The smallest absolute Gasteiger partial charge is 0.259 e. The molecular weight excluding hydrogens is 283 g/mol. The third kappa shape index (κ3) is 2.58. The number of H-pyrrole nitrogens is 1. The third-order valence-corrected chi connectivity index (χ3v) is 3.23. The number of anilines is 1. The summed E-state index contributed by atoms with van der Waals surface area (Å²) in [5, 5.41) is 0. The Labute approximate surface area is 125 Å². The fourth-order valence-electron chi connectivity index (χ4n) is 2.27. The second-order valence-electron chi connectivity index (χ2n) is 4.85. The number of nitrogens with two attached hydrogens (primary N) is 1. The molecule has 0 atom stereocenters. The second kappa shape index (κ2) is 5.40. The van der Waals surface area contributed by atoms with Crippen LogP contribution >= 0.6 is 0 Å². The minimum absolute atomic E-state index is 0.288. The zero-order valence-electron chi connectivity index (χ0n) is 11.8. The minimum Gasteiger partial charge on any atom is -0.384 e. The first kappa shape index (κ1) is 13.9. The van der Waals surface area contributed by atoms with E-state index in [1.807, 2.05) is 0 Å². The Morgan fingerprint density at radius 1 is 1.14 bits per heavy atom. The van der Waals surface area contributed by atoms with Gasteiger partial charge in [-0.05, 0) is 36.8 Å². The lowest BCUT2D eigenvalue weighted by atomic mass is 10.0. The van der Waals surface area contributed by atoms with Gasteiger partial charge in [0.05, 0.1) is 11.3 Å². The van der Waals surface area contributed by atoms with Crippen LogP contribution in [0.5, 0.6) is 0 Å². The van der Waals surface area contributed by atoms with E-state index in [1.54, 1.807) is 37.4 Å². The van der Waals surface area contributed by atoms with Crippen LogP contribution in [0.3, 0.4) is 0 Å². The molecule has 3 aromatic rings. The van der Waals surface area contributed by atoms with Crippen LogP contribution in [0.15, 0.2) is 47.4 Å². The first-order valence-corrected chi connectivity index (χ1v) is 6.63. The Bertz CT molecular complexity index is 887. The number of pyridine rings is 1. The standard InChI is InChI=1S/C16H13FN4O/c1-9-20-15(11-6-7-19-13(18)8-11)14(16(22)21-9)10-2-4-12(17)5-3-10/h2-8H,1H3,(H2,18,19)(H,20,21,22). The molecule has 0 aliphatic carbocycles. The first-order valence-electron chi connectivity index (χ1n) is 6.63. The Kier molecular flexibility index (Phi) is 3.42. The molecule has 0 spiro atoms. The molecule has 1 aromatic carbocycles. The molecule has 0 saturated carbocycles. The molecule has 2 aromatic heterocycles. The summed E-state index contributed by atoms with van der Waals surface area (Å²) in [5.74, 6) is 0.457. The van der Waals surface area contributed by atoms with Crippen molar-refractivity contribution < 1.29 is 4.39 Å². The molecule has 0 fully saturated rings. The maximum absolute atomic E-state index is 13.1. The summed E-state index contributed by atoms with van der Waals surface area (Å²) in [7, 11) is 0. The van der Waals surface area contributed by atoms with Crippen LogP contribution in [-0.4, -0.2) is 15.0 Å². The Morgan fingerprint density at radius 2 is 1.86 bits per heavy atom.